The summed E-state index contributed by atoms with van der Waals surface area (Å²) in [5.41, 5.74) is 4.56. The summed E-state index contributed by atoms with van der Waals surface area (Å²) < 4.78 is 19.4. The number of carbonyl (C=O) groups is 2. The molecular formula is C37H38O5Si. The highest BCUT2D eigenvalue weighted by Crippen LogP contribution is 2.50. The second-order valence-electron chi connectivity index (χ2n) is 12.6. The summed E-state index contributed by atoms with van der Waals surface area (Å²) in [5, 5.41) is 2.18. The van der Waals surface area contributed by atoms with Gasteiger partial charge in [-0.15, -0.1) is 0 Å². The molecule has 0 N–H and O–H groups in total. The first-order valence-electron chi connectivity index (χ1n) is 14.9. The number of esters is 1. The lowest BCUT2D eigenvalue weighted by molar-refractivity contribution is -0.138. The zero-order valence-corrected chi connectivity index (χ0v) is 26.3. The van der Waals surface area contributed by atoms with E-state index in [0.29, 0.717) is 24.2 Å². The highest BCUT2D eigenvalue weighted by atomic mass is 28.4. The van der Waals surface area contributed by atoms with Crippen LogP contribution in [0.4, 0.5) is 0 Å². The Labute approximate surface area is 255 Å². The van der Waals surface area contributed by atoms with Gasteiger partial charge in [-0.05, 0) is 38.5 Å². The van der Waals surface area contributed by atoms with Gasteiger partial charge in [-0.1, -0.05) is 118 Å². The number of hydrogen-bond acceptors (Lipinski definition) is 5. The molecule has 1 aliphatic heterocycles. The fraction of sp³-hybridized carbons (Fsp3) is 0.297. The van der Waals surface area contributed by atoms with E-state index in [2.05, 4.69) is 75.9 Å². The van der Waals surface area contributed by atoms with Crippen LogP contribution in [0.15, 0.2) is 120 Å². The van der Waals surface area contributed by atoms with Crippen molar-refractivity contribution in [1.82, 2.24) is 0 Å². The fourth-order valence-corrected chi connectivity index (χ4v) is 11.8. The fourth-order valence-electron chi connectivity index (χ4n) is 7.26. The molecular weight excluding hydrogens is 552 g/mol. The first-order valence-corrected chi connectivity index (χ1v) is 16.8. The summed E-state index contributed by atoms with van der Waals surface area (Å²) in [4.78, 5) is 26.7. The molecule has 1 unspecified atom stereocenters. The third-order valence-corrected chi connectivity index (χ3v) is 14.2. The van der Waals surface area contributed by atoms with Crippen molar-refractivity contribution >= 4 is 36.0 Å². The minimum Gasteiger partial charge on any atom is -0.453 e. The van der Waals surface area contributed by atoms with Gasteiger partial charge >= 0.3 is 5.97 Å². The molecule has 6 heteroatoms. The standard InChI is InChI=1S/C37H38O5Si/c1-24-32-31(40-5)21-26(29-22-30(38)33(25-15-9-6-10-16-25)34(29)35(32)42-36(24)39)23-41-43(37(2,3)4,27-17-11-7-12-18-27)28-19-13-8-14-20-28/h6-20,31-32,35H,1,21-23H2,2-5H3/t31?,32-,35-/m0/s1. The van der Waals surface area contributed by atoms with E-state index in [4.69, 9.17) is 13.9 Å². The number of Topliss-reactive ketones (excluding diaryl/α,β-unsaturated/α-hetero) is 1. The maximum atomic E-state index is 13.8. The van der Waals surface area contributed by atoms with Gasteiger partial charge in [0.2, 0.25) is 0 Å². The van der Waals surface area contributed by atoms with Crippen LogP contribution in [0.1, 0.15) is 39.2 Å². The van der Waals surface area contributed by atoms with Crippen molar-refractivity contribution in [3.63, 3.8) is 0 Å². The molecule has 3 atom stereocenters. The third-order valence-electron chi connectivity index (χ3n) is 9.24. The zero-order chi connectivity index (χ0) is 30.4. The summed E-state index contributed by atoms with van der Waals surface area (Å²) in [6, 6.07) is 30.8. The van der Waals surface area contributed by atoms with Crippen molar-refractivity contribution < 1.29 is 23.5 Å². The Morgan fingerprint density at radius 3 is 1.98 bits per heavy atom. The van der Waals surface area contributed by atoms with Crippen molar-refractivity contribution in [2.75, 3.05) is 13.7 Å². The Balaban J connectivity index is 1.53. The van der Waals surface area contributed by atoms with Gasteiger partial charge < -0.3 is 13.9 Å². The summed E-state index contributed by atoms with van der Waals surface area (Å²) in [5.74, 6) is -0.789. The molecule has 0 spiro atoms. The molecule has 5 nitrogen and oxygen atoms in total. The van der Waals surface area contributed by atoms with E-state index < -0.39 is 26.3 Å². The number of ether oxygens (including phenoxy) is 2. The SMILES string of the molecule is C=C1C(=O)O[C@@H]2C3=C(c4ccccc4)C(=O)CC3=C(CO[Si](c3ccccc3)(c3ccccc3)C(C)(C)C)CC(OC)[C@H]12. The number of benzene rings is 3. The van der Waals surface area contributed by atoms with Crippen LogP contribution in [0.25, 0.3) is 5.57 Å². The number of methoxy groups -OCH3 is 1. The Morgan fingerprint density at radius 1 is 0.884 bits per heavy atom. The molecule has 3 aromatic rings. The molecule has 220 valence electrons. The van der Waals surface area contributed by atoms with Gasteiger partial charge in [0, 0.05) is 30.2 Å². The van der Waals surface area contributed by atoms with Crippen LogP contribution in [0.2, 0.25) is 5.04 Å². The molecule has 0 radical (unpaired) electrons. The van der Waals surface area contributed by atoms with Crippen molar-refractivity contribution in [3.8, 4) is 0 Å². The molecule has 1 saturated heterocycles. The predicted molar refractivity (Wildman–Crippen MR) is 172 cm³/mol. The minimum atomic E-state index is -2.86. The first kappa shape index (κ1) is 29.2. The highest BCUT2D eigenvalue weighted by Gasteiger charge is 2.53. The van der Waals surface area contributed by atoms with E-state index in [1.807, 2.05) is 42.5 Å². The van der Waals surface area contributed by atoms with Crippen molar-refractivity contribution in [3.05, 3.63) is 125 Å². The van der Waals surface area contributed by atoms with Crippen LogP contribution >= 0.6 is 0 Å². The van der Waals surface area contributed by atoms with Crippen LogP contribution in [-0.2, 0) is 23.5 Å². The summed E-state index contributed by atoms with van der Waals surface area (Å²) >= 11 is 0. The lowest BCUT2D eigenvalue weighted by Gasteiger charge is -2.43. The van der Waals surface area contributed by atoms with Crippen LogP contribution in [0.5, 0.6) is 0 Å². The minimum absolute atomic E-state index is 0.0299. The molecule has 0 bridgehead atoms. The van der Waals surface area contributed by atoms with Crippen LogP contribution < -0.4 is 10.4 Å². The molecule has 3 aromatic carbocycles. The summed E-state index contributed by atoms with van der Waals surface area (Å²) in [7, 11) is -1.19. The average molecular weight is 591 g/mol. The largest absolute Gasteiger partial charge is 0.453 e. The zero-order valence-electron chi connectivity index (χ0n) is 25.3. The second kappa shape index (κ2) is 11.3. The third kappa shape index (κ3) is 4.87. The quantitative estimate of drug-likeness (QED) is 0.198. The van der Waals surface area contributed by atoms with E-state index in [1.165, 1.54) is 10.4 Å². The molecule has 0 saturated carbocycles. The van der Waals surface area contributed by atoms with Gasteiger partial charge in [0.05, 0.1) is 18.6 Å². The van der Waals surface area contributed by atoms with Crippen LogP contribution in [-0.4, -0.2) is 46.0 Å². The Kier molecular flexibility index (Phi) is 7.71. The van der Waals surface area contributed by atoms with Crippen molar-refractivity contribution in [2.24, 2.45) is 5.92 Å². The normalized spacial score (nSPS) is 22.4. The van der Waals surface area contributed by atoms with Gasteiger partial charge in [-0.2, -0.15) is 0 Å². The molecule has 2 aliphatic carbocycles. The van der Waals surface area contributed by atoms with Gasteiger partial charge in [-0.25, -0.2) is 4.79 Å². The molecule has 0 amide bonds. The van der Waals surface area contributed by atoms with Gasteiger partial charge in [0.25, 0.3) is 8.32 Å². The maximum absolute atomic E-state index is 13.8. The molecule has 0 aromatic heterocycles. The lowest BCUT2D eigenvalue weighted by Crippen LogP contribution is -2.66. The molecule has 1 fully saturated rings. The summed E-state index contributed by atoms with van der Waals surface area (Å²) in [6.45, 7) is 11.2. The lowest BCUT2D eigenvalue weighted by atomic mass is 9.85. The maximum Gasteiger partial charge on any atom is 0.334 e. The Hall–Kier alpha value is -3.84. The number of ketones is 1. The van der Waals surface area contributed by atoms with E-state index in [0.717, 1.165) is 22.3 Å². The molecule has 1 heterocycles. The van der Waals surface area contributed by atoms with Crippen molar-refractivity contribution in [1.29, 1.82) is 0 Å². The first-order chi connectivity index (χ1) is 20.7. The van der Waals surface area contributed by atoms with Crippen LogP contribution in [0.3, 0.4) is 0 Å². The second-order valence-corrected chi connectivity index (χ2v) is 16.9. The van der Waals surface area contributed by atoms with Gasteiger partial charge in [-0.3, -0.25) is 4.79 Å². The highest BCUT2D eigenvalue weighted by molar-refractivity contribution is 6.99. The monoisotopic (exact) mass is 590 g/mol. The topological polar surface area (TPSA) is 61.8 Å². The number of allylic oxidation sites excluding steroid dienone is 1. The summed E-state index contributed by atoms with van der Waals surface area (Å²) in [6.07, 6.45) is -0.228. The number of fused-ring (bicyclic) bond motifs is 3. The van der Waals surface area contributed by atoms with Crippen molar-refractivity contribution in [2.45, 2.75) is 50.9 Å². The number of rotatable bonds is 7. The van der Waals surface area contributed by atoms with E-state index in [9.17, 15) is 9.59 Å². The van der Waals surface area contributed by atoms with E-state index in [1.54, 1.807) is 7.11 Å². The number of carbonyl (C=O) groups excluding carboxylic acids is 2. The molecule has 6 rings (SSSR count). The van der Waals surface area contributed by atoms with Crippen LogP contribution in [0, 0.1) is 5.92 Å². The average Bonchev–Trinajstić information content (AvgIpc) is 3.46. The molecule has 3 aliphatic rings. The van der Waals surface area contributed by atoms with Gasteiger partial charge in [0.1, 0.15) is 6.10 Å². The molecule has 43 heavy (non-hydrogen) atoms. The Bertz CT molecular complexity index is 1580. The number of hydrogen-bond donors (Lipinski definition) is 0. The van der Waals surface area contributed by atoms with E-state index >= 15 is 0 Å². The Morgan fingerprint density at radius 2 is 1.44 bits per heavy atom. The predicted octanol–water partition coefficient (Wildman–Crippen LogP) is 5.80. The van der Waals surface area contributed by atoms with E-state index in [-0.39, 0.29) is 23.3 Å². The smallest absolute Gasteiger partial charge is 0.334 e. The van der Waals surface area contributed by atoms with Gasteiger partial charge in [0.15, 0.2) is 5.78 Å².